The Bertz CT molecular complexity index is 217. The Hall–Kier alpha value is -0.870. The van der Waals surface area contributed by atoms with Crippen LogP contribution in [0.15, 0.2) is 12.7 Å². The highest BCUT2D eigenvalue weighted by molar-refractivity contribution is 5.76. The Labute approximate surface area is 83.9 Å². The van der Waals surface area contributed by atoms with Gasteiger partial charge in [0, 0.05) is 12.5 Å². The molecule has 14 heavy (non-hydrogen) atoms. The normalized spacial score (nSPS) is 31.4. The van der Waals surface area contributed by atoms with Gasteiger partial charge in [-0.05, 0) is 12.8 Å². The third-order valence-electron chi connectivity index (χ3n) is 2.52. The summed E-state index contributed by atoms with van der Waals surface area (Å²) in [5.74, 6) is -0.301. The van der Waals surface area contributed by atoms with E-state index in [0.29, 0.717) is 6.42 Å². The summed E-state index contributed by atoms with van der Waals surface area (Å²) >= 11 is 0. The molecule has 0 saturated carbocycles. The van der Waals surface area contributed by atoms with Crippen molar-refractivity contribution >= 4 is 5.97 Å². The van der Waals surface area contributed by atoms with Crippen LogP contribution in [0.1, 0.15) is 19.3 Å². The van der Waals surface area contributed by atoms with E-state index in [1.807, 2.05) is 0 Å². The highest BCUT2D eigenvalue weighted by atomic mass is 16.5. The number of hydrogen-bond acceptors (Lipinski definition) is 4. The number of carbonyl (C=O) groups is 1. The van der Waals surface area contributed by atoms with Crippen molar-refractivity contribution in [2.24, 2.45) is 0 Å². The quantitative estimate of drug-likeness (QED) is 0.502. The van der Waals surface area contributed by atoms with Gasteiger partial charge in [-0.3, -0.25) is 10.1 Å². The lowest BCUT2D eigenvalue weighted by Crippen LogP contribution is -2.37. The Morgan fingerprint density at radius 3 is 3.07 bits per heavy atom. The highest BCUT2D eigenvalue weighted by Crippen LogP contribution is 2.18. The number of nitrogens with one attached hydrogen (secondary N) is 1. The monoisotopic (exact) mass is 199 g/mol. The van der Waals surface area contributed by atoms with Crippen LogP contribution < -0.4 is 5.32 Å². The fourth-order valence-electron chi connectivity index (χ4n) is 1.72. The summed E-state index contributed by atoms with van der Waals surface area (Å²) in [6, 6.07) is -0.373. The lowest BCUT2D eigenvalue weighted by molar-refractivity contribution is -0.142. The summed E-state index contributed by atoms with van der Waals surface area (Å²) < 4.78 is 4.60. The molecule has 4 heteroatoms. The summed E-state index contributed by atoms with van der Waals surface area (Å²) in [5.41, 5.74) is 0. The van der Waals surface area contributed by atoms with Gasteiger partial charge in [0.2, 0.25) is 0 Å². The van der Waals surface area contributed by atoms with Crippen molar-refractivity contribution < 1.29 is 14.6 Å². The molecule has 4 nitrogen and oxygen atoms in total. The third kappa shape index (κ3) is 2.56. The van der Waals surface area contributed by atoms with Gasteiger partial charge >= 0.3 is 5.97 Å². The molecule has 1 saturated heterocycles. The second-order valence-corrected chi connectivity index (χ2v) is 3.52. The van der Waals surface area contributed by atoms with Gasteiger partial charge in [-0.15, -0.1) is 6.58 Å². The molecular weight excluding hydrogens is 182 g/mol. The van der Waals surface area contributed by atoms with E-state index in [2.05, 4.69) is 16.6 Å². The zero-order chi connectivity index (χ0) is 10.6. The smallest absolute Gasteiger partial charge is 0.322 e. The van der Waals surface area contributed by atoms with Crippen LogP contribution >= 0.6 is 0 Å². The van der Waals surface area contributed by atoms with E-state index < -0.39 is 6.10 Å². The maximum absolute atomic E-state index is 11.2. The number of aliphatic hydroxyl groups is 1. The topological polar surface area (TPSA) is 58.6 Å². The number of carbonyl (C=O) groups excluding carboxylic acids is 1. The van der Waals surface area contributed by atoms with E-state index in [1.54, 1.807) is 6.08 Å². The fourth-order valence-corrected chi connectivity index (χ4v) is 1.72. The van der Waals surface area contributed by atoms with E-state index in [0.717, 1.165) is 12.8 Å². The SMILES string of the molecule is C=CCC[C@@H]1N[C@H](C(=O)OC)C[C@H]1O. The molecule has 0 aromatic rings. The molecule has 0 radical (unpaired) electrons. The molecule has 1 aliphatic rings. The number of esters is 1. The number of methoxy groups -OCH3 is 1. The molecule has 1 heterocycles. The predicted molar refractivity (Wildman–Crippen MR) is 52.8 cm³/mol. The Balaban J connectivity index is 2.42. The van der Waals surface area contributed by atoms with Crippen LogP contribution in [-0.4, -0.2) is 36.4 Å². The van der Waals surface area contributed by atoms with Gasteiger partial charge in [-0.2, -0.15) is 0 Å². The molecule has 0 aromatic heterocycles. The summed E-state index contributed by atoms with van der Waals surface area (Å²) in [4.78, 5) is 11.2. The van der Waals surface area contributed by atoms with Crippen LogP contribution in [0.25, 0.3) is 0 Å². The Kier molecular flexibility index (Phi) is 4.10. The highest BCUT2D eigenvalue weighted by Gasteiger charge is 2.36. The molecule has 0 bridgehead atoms. The number of rotatable bonds is 4. The van der Waals surface area contributed by atoms with Gasteiger partial charge in [0.15, 0.2) is 0 Å². The first-order chi connectivity index (χ1) is 6.69. The molecule has 2 N–H and O–H groups in total. The van der Waals surface area contributed by atoms with Crippen LogP contribution in [0.5, 0.6) is 0 Å². The zero-order valence-corrected chi connectivity index (χ0v) is 8.40. The average Bonchev–Trinajstić information content (AvgIpc) is 2.56. The van der Waals surface area contributed by atoms with Crippen molar-refractivity contribution in [1.82, 2.24) is 5.32 Å². The second kappa shape index (κ2) is 5.12. The molecule has 0 aromatic carbocycles. The first-order valence-corrected chi connectivity index (χ1v) is 4.82. The van der Waals surface area contributed by atoms with Crippen molar-refractivity contribution in [2.75, 3.05) is 7.11 Å². The number of allylic oxidation sites excluding steroid dienone is 1. The Morgan fingerprint density at radius 1 is 1.79 bits per heavy atom. The van der Waals surface area contributed by atoms with Crippen molar-refractivity contribution in [1.29, 1.82) is 0 Å². The van der Waals surface area contributed by atoms with Crippen LogP contribution in [0.4, 0.5) is 0 Å². The maximum Gasteiger partial charge on any atom is 0.322 e. The average molecular weight is 199 g/mol. The molecule has 0 unspecified atom stereocenters. The van der Waals surface area contributed by atoms with Crippen molar-refractivity contribution in [3.63, 3.8) is 0 Å². The molecule has 0 amide bonds. The van der Waals surface area contributed by atoms with E-state index in [1.165, 1.54) is 7.11 Å². The second-order valence-electron chi connectivity index (χ2n) is 3.52. The van der Waals surface area contributed by atoms with Crippen LogP contribution in [0, 0.1) is 0 Å². The minimum atomic E-state index is -0.459. The standard InChI is InChI=1S/C10H17NO3/c1-3-4-5-7-9(12)6-8(11-7)10(13)14-2/h3,7-9,11-12H,1,4-6H2,2H3/t7-,8-,9+/m0/s1. The van der Waals surface area contributed by atoms with Gasteiger partial charge in [0.1, 0.15) is 6.04 Å². The number of hydrogen-bond donors (Lipinski definition) is 2. The van der Waals surface area contributed by atoms with Crippen LogP contribution in [-0.2, 0) is 9.53 Å². The third-order valence-corrected chi connectivity index (χ3v) is 2.52. The lowest BCUT2D eigenvalue weighted by atomic mass is 10.1. The van der Waals surface area contributed by atoms with Gasteiger partial charge in [0.25, 0.3) is 0 Å². The molecule has 1 rings (SSSR count). The van der Waals surface area contributed by atoms with Crippen molar-refractivity contribution in [2.45, 2.75) is 37.5 Å². The van der Waals surface area contributed by atoms with Gasteiger partial charge in [0.05, 0.1) is 13.2 Å². The minimum Gasteiger partial charge on any atom is -0.468 e. The molecule has 0 aliphatic carbocycles. The van der Waals surface area contributed by atoms with Gasteiger partial charge in [-0.1, -0.05) is 6.08 Å². The number of aliphatic hydroxyl groups excluding tert-OH is 1. The summed E-state index contributed by atoms with van der Waals surface area (Å²) in [6.45, 7) is 3.62. The van der Waals surface area contributed by atoms with Crippen LogP contribution in [0.3, 0.4) is 0 Å². The first kappa shape index (κ1) is 11.2. The molecule has 1 fully saturated rings. The summed E-state index contributed by atoms with van der Waals surface area (Å²) in [6.07, 6.45) is 3.42. The van der Waals surface area contributed by atoms with E-state index in [-0.39, 0.29) is 18.1 Å². The maximum atomic E-state index is 11.2. The Morgan fingerprint density at radius 2 is 2.50 bits per heavy atom. The fraction of sp³-hybridized carbons (Fsp3) is 0.700. The molecule has 1 aliphatic heterocycles. The van der Waals surface area contributed by atoms with E-state index >= 15 is 0 Å². The molecule has 3 atom stereocenters. The van der Waals surface area contributed by atoms with E-state index in [9.17, 15) is 9.90 Å². The zero-order valence-electron chi connectivity index (χ0n) is 8.40. The number of ether oxygens (including phenoxy) is 1. The first-order valence-electron chi connectivity index (χ1n) is 4.82. The lowest BCUT2D eigenvalue weighted by Gasteiger charge is -2.13. The summed E-state index contributed by atoms with van der Waals surface area (Å²) in [7, 11) is 1.35. The van der Waals surface area contributed by atoms with E-state index in [4.69, 9.17) is 0 Å². The largest absolute Gasteiger partial charge is 0.468 e. The minimum absolute atomic E-state index is 0.0166. The van der Waals surface area contributed by atoms with Crippen LogP contribution in [0.2, 0.25) is 0 Å². The predicted octanol–water partition coefficient (Wildman–Crippen LogP) is 0.217. The van der Waals surface area contributed by atoms with Crippen molar-refractivity contribution in [3.8, 4) is 0 Å². The van der Waals surface area contributed by atoms with Gasteiger partial charge in [-0.25, -0.2) is 0 Å². The molecular formula is C10H17NO3. The van der Waals surface area contributed by atoms with Crippen molar-refractivity contribution in [3.05, 3.63) is 12.7 Å². The molecule has 0 spiro atoms. The summed E-state index contributed by atoms with van der Waals surface area (Å²) in [5, 5.41) is 12.7. The molecule has 80 valence electrons. The van der Waals surface area contributed by atoms with Gasteiger partial charge < -0.3 is 9.84 Å².